The van der Waals surface area contributed by atoms with Gasteiger partial charge < -0.3 is 29.7 Å². The van der Waals surface area contributed by atoms with Crippen LogP contribution >= 0.6 is 0 Å². The topological polar surface area (TPSA) is 169 Å². The summed E-state index contributed by atoms with van der Waals surface area (Å²) in [4.78, 5) is 56.8. The molecule has 3 fully saturated rings. The van der Waals surface area contributed by atoms with Gasteiger partial charge in [0.05, 0.1) is 25.0 Å². The summed E-state index contributed by atoms with van der Waals surface area (Å²) < 4.78 is 45.7. The zero-order chi connectivity index (χ0) is 36.7. The van der Waals surface area contributed by atoms with Crippen molar-refractivity contribution < 1.29 is 41.8 Å². The highest BCUT2D eigenvalue weighted by Crippen LogP contribution is 2.47. The van der Waals surface area contributed by atoms with Crippen LogP contribution in [0.15, 0.2) is 48.5 Å². The lowest BCUT2D eigenvalue weighted by molar-refractivity contribution is -0.143. The average molecular weight is 725 g/mol. The molecule has 14 heteroatoms. The fourth-order valence-corrected chi connectivity index (χ4v) is 8.25. The number of nitrogens with one attached hydrogen (secondary N) is 3. The smallest absolute Gasteiger partial charge is 0.407 e. The van der Waals surface area contributed by atoms with E-state index in [9.17, 15) is 27.6 Å². The lowest BCUT2D eigenvalue weighted by Gasteiger charge is -2.35. The standard InChI is InChI=1S/C37H48N4O9S/c1-6-24-18-37(24,34(44)40-51(46,47)27-14-15-27)39-32(42)29-17-26-19-41(29)33(43)31(36(3,4)5)38-35(45)49-21-22(2)20-48-25-11-9-10-23(16-25)28-12-7-8-13-30(28)50-26/h7-13,16,22,24,26-27,29,31H,6,14-15,17-21H2,1-5H3,(H,38,45)(H,39,42)(H,40,44)/t22-,24-,26?,29+,31-,37?/m1/s1. The fraction of sp³-hybridized carbons (Fsp3) is 0.568. The Balaban J connectivity index is 1.33. The lowest BCUT2D eigenvalue weighted by atomic mass is 9.85. The Morgan fingerprint density at radius 2 is 1.76 bits per heavy atom. The Hall–Kier alpha value is -4.33. The molecule has 3 N–H and O–H groups in total. The second-order valence-corrected chi connectivity index (χ2v) is 17.4. The van der Waals surface area contributed by atoms with Crippen molar-refractivity contribution in [3.8, 4) is 22.6 Å². The summed E-state index contributed by atoms with van der Waals surface area (Å²) in [7, 11) is -3.85. The number of carbonyl (C=O) groups is 4. The molecule has 0 spiro atoms. The minimum absolute atomic E-state index is 0.0151. The summed E-state index contributed by atoms with van der Waals surface area (Å²) in [5, 5.41) is 5.00. The van der Waals surface area contributed by atoms with Crippen LogP contribution in [0.3, 0.4) is 0 Å². The van der Waals surface area contributed by atoms with E-state index in [1.807, 2.05) is 62.4 Å². The van der Waals surface area contributed by atoms with Gasteiger partial charge in [0, 0.05) is 17.9 Å². The molecule has 4 aliphatic rings. The molecule has 13 nitrogen and oxygen atoms in total. The number of hydrogen-bond acceptors (Lipinski definition) is 9. The maximum absolute atomic E-state index is 14.5. The molecule has 2 saturated carbocycles. The quantitative estimate of drug-likeness (QED) is 0.402. The number of carbonyl (C=O) groups excluding carboxylic acids is 4. The number of nitrogens with zero attached hydrogens (tertiary/aromatic N) is 1. The maximum Gasteiger partial charge on any atom is 0.407 e. The number of rotatable bonds is 6. The molecule has 2 aromatic carbocycles. The Morgan fingerprint density at radius 3 is 2.45 bits per heavy atom. The van der Waals surface area contributed by atoms with E-state index < -0.39 is 68.2 Å². The second kappa shape index (κ2) is 14.0. The molecule has 2 heterocycles. The van der Waals surface area contributed by atoms with Crippen molar-refractivity contribution in [2.75, 3.05) is 19.8 Å². The molecule has 2 aliphatic heterocycles. The first-order valence-corrected chi connectivity index (χ1v) is 19.3. The molecule has 4 bridgehead atoms. The molecule has 0 aromatic heterocycles. The molecule has 2 aliphatic carbocycles. The van der Waals surface area contributed by atoms with Crippen molar-refractivity contribution in [3.05, 3.63) is 48.5 Å². The molecular weight excluding hydrogens is 676 g/mol. The summed E-state index contributed by atoms with van der Waals surface area (Å²) in [5.74, 6) is -1.13. The third kappa shape index (κ3) is 7.95. The molecule has 6 atom stereocenters. The van der Waals surface area contributed by atoms with Crippen LogP contribution in [0.25, 0.3) is 11.1 Å². The van der Waals surface area contributed by atoms with Gasteiger partial charge in [-0.2, -0.15) is 0 Å². The molecule has 51 heavy (non-hydrogen) atoms. The van der Waals surface area contributed by atoms with E-state index in [1.54, 1.807) is 20.8 Å². The lowest BCUT2D eigenvalue weighted by Crippen LogP contribution is -2.60. The van der Waals surface area contributed by atoms with E-state index in [4.69, 9.17) is 14.2 Å². The number of amides is 4. The van der Waals surface area contributed by atoms with Crippen LogP contribution in [0, 0.1) is 17.3 Å². The van der Waals surface area contributed by atoms with Crippen LogP contribution in [-0.2, 0) is 29.1 Å². The normalized spacial score (nSPS) is 28.4. The fourth-order valence-electron chi connectivity index (χ4n) is 6.89. The van der Waals surface area contributed by atoms with E-state index in [1.165, 1.54) is 4.90 Å². The third-order valence-corrected chi connectivity index (χ3v) is 11.9. The monoisotopic (exact) mass is 724 g/mol. The number of sulfonamides is 1. The van der Waals surface area contributed by atoms with E-state index >= 15 is 0 Å². The molecule has 276 valence electrons. The highest BCUT2D eigenvalue weighted by molar-refractivity contribution is 7.91. The van der Waals surface area contributed by atoms with Gasteiger partial charge in [0.1, 0.15) is 35.2 Å². The number of fused-ring (bicyclic) bond motifs is 6. The minimum Gasteiger partial charge on any atom is -0.493 e. The molecule has 2 unspecified atom stereocenters. The highest BCUT2D eigenvalue weighted by atomic mass is 32.2. The predicted octanol–water partition coefficient (Wildman–Crippen LogP) is 3.76. The molecule has 0 radical (unpaired) electrons. The van der Waals surface area contributed by atoms with Gasteiger partial charge in [-0.15, -0.1) is 0 Å². The number of benzene rings is 2. The zero-order valence-electron chi connectivity index (χ0n) is 29.8. The largest absolute Gasteiger partial charge is 0.493 e. The number of cyclic esters (lactones) is 1. The second-order valence-electron chi connectivity index (χ2n) is 15.4. The zero-order valence-corrected chi connectivity index (χ0v) is 30.6. The Labute approximate surface area is 299 Å². The van der Waals surface area contributed by atoms with Crippen LogP contribution in [0.2, 0.25) is 0 Å². The van der Waals surface area contributed by atoms with Gasteiger partial charge in [-0.05, 0) is 54.4 Å². The molecule has 1 saturated heterocycles. The van der Waals surface area contributed by atoms with Gasteiger partial charge in [0.15, 0.2) is 0 Å². The van der Waals surface area contributed by atoms with Gasteiger partial charge in [-0.25, -0.2) is 13.2 Å². The van der Waals surface area contributed by atoms with Crippen molar-refractivity contribution in [2.24, 2.45) is 17.3 Å². The van der Waals surface area contributed by atoms with Crippen LogP contribution in [0.4, 0.5) is 4.79 Å². The van der Waals surface area contributed by atoms with Crippen molar-refractivity contribution in [3.63, 3.8) is 0 Å². The molecule has 4 amide bonds. The Bertz CT molecular complexity index is 1790. The Kier molecular flexibility index (Phi) is 10.0. The summed E-state index contributed by atoms with van der Waals surface area (Å²) in [6, 6.07) is 12.9. The van der Waals surface area contributed by atoms with E-state index in [-0.39, 0.29) is 44.4 Å². The number of para-hydroxylation sites is 1. The summed E-state index contributed by atoms with van der Waals surface area (Å²) in [6.07, 6.45) is 0.442. The minimum atomic E-state index is -3.85. The van der Waals surface area contributed by atoms with Gasteiger partial charge >= 0.3 is 6.09 Å². The predicted molar refractivity (Wildman–Crippen MR) is 188 cm³/mol. The van der Waals surface area contributed by atoms with Crippen LogP contribution in [0.5, 0.6) is 11.5 Å². The third-order valence-electron chi connectivity index (χ3n) is 10.1. The first-order valence-electron chi connectivity index (χ1n) is 17.7. The number of hydrogen-bond donors (Lipinski definition) is 3. The van der Waals surface area contributed by atoms with E-state index in [0.29, 0.717) is 30.8 Å². The summed E-state index contributed by atoms with van der Waals surface area (Å²) in [6.45, 7) is 9.51. The van der Waals surface area contributed by atoms with E-state index in [2.05, 4.69) is 15.4 Å². The Morgan fingerprint density at radius 1 is 1.04 bits per heavy atom. The highest BCUT2D eigenvalue weighted by Gasteiger charge is 2.62. The molecule has 2 aromatic rings. The van der Waals surface area contributed by atoms with Crippen LogP contribution < -0.4 is 24.8 Å². The first-order chi connectivity index (χ1) is 24.1. The van der Waals surface area contributed by atoms with Gasteiger partial charge in [-0.1, -0.05) is 71.4 Å². The molecule has 6 rings (SSSR count). The SMILES string of the molecule is CC[C@@H]1CC1(NC(=O)[C@@H]1CC2CN1C(=O)[C@H](C(C)(C)C)NC(=O)OC[C@H](C)COc1cccc(c1)-c1ccccc1O2)C(=O)NS(=O)(=O)C1CC1. The van der Waals surface area contributed by atoms with Gasteiger partial charge in [0.2, 0.25) is 21.8 Å². The number of ether oxygens (including phenoxy) is 3. The summed E-state index contributed by atoms with van der Waals surface area (Å²) in [5.41, 5.74) is -0.574. The van der Waals surface area contributed by atoms with Crippen molar-refractivity contribution in [1.82, 2.24) is 20.3 Å². The van der Waals surface area contributed by atoms with Crippen molar-refractivity contribution in [2.45, 2.75) is 95.7 Å². The summed E-state index contributed by atoms with van der Waals surface area (Å²) >= 11 is 0. The van der Waals surface area contributed by atoms with Crippen LogP contribution in [-0.4, -0.2) is 85.9 Å². The van der Waals surface area contributed by atoms with Crippen LogP contribution in [0.1, 0.15) is 66.7 Å². The number of alkyl carbamates (subject to hydrolysis) is 1. The van der Waals surface area contributed by atoms with Crippen molar-refractivity contribution in [1.29, 1.82) is 0 Å². The first kappa shape index (κ1) is 36.5. The van der Waals surface area contributed by atoms with E-state index in [0.717, 1.165) is 11.1 Å². The average Bonchev–Trinajstić information content (AvgIpc) is 4.01. The maximum atomic E-state index is 14.5. The van der Waals surface area contributed by atoms with Gasteiger partial charge in [0.25, 0.3) is 5.91 Å². The van der Waals surface area contributed by atoms with Gasteiger partial charge in [-0.3, -0.25) is 19.1 Å². The van der Waals surface area contributed by atoms with Crippen molar-refractivity contribution >= 4 is 33.8 Å². The molecular formula is C37H48N4O9S.